The molecule has 120 valence electrons. The van der Waals surface area contributed by atoms with Crippen molar-refractivity contribution >= 4 is 41.7 Å². The number of thioether (sulfide) groups is 1. The van der Waals surface area contributed by atoms with Crippen LogP contribution in [0.3, 0.4) is 0 Å². The number of hydrogen-bond acceptors (Lipinski definition) is 4. The summed E-state index contributed by atoms with van der Waals surface area (Å²) in [4.78, 5) is 6.59. The van der Waals surface area contributed by atoms with Gasteiger partial charge in [0.2, 0.25) is 0 Å². The minimum Gasteiger partial charge on any atom is -0.381 e. The molecule has 1 rings (SSSR count). The maximum Gasteiger partial charge on any atom is 0.191 e. The number of aliphatic imine (C=N–C) groups is 1. The molecule has 1 aliphatic rings. The van der Waals surface area contributed by atoms with Crippen LogP contribution in [0.2, 0.25) is 0 Å². The van der Waals surface area contributed by atoms with Crippen LogP contribution in [0, 0.1) is 0 Å². The molecule has 0 aliphatic carbocycles. The molecule has 0 spiro atoms. The minimum absolute atomic E-state index is 0. The molecule has 2 N–H and O–H groups in total. The van der Waals surface area contributed by atoms with Crippen molar-refractivity contribution in [1.29, 1.82) is 0 Å². The zero-order chi connectivity index (χ0) is 14.1. The molecule has 0 bridgehead atoms. The molecule has 7 heteroatoms. The molecule has 1 heterocycles. The number of hydrogen-bond donors (Lipinski definition) is 2. The lowest BCUT2D eigenvalue weighted by Gasteiger charge is -2.43. The Morgan fingerprint density at radius 1 is 1.30 bits per heavy atom. The quantitative estimate of drug-likeness (QED) is 0.295. The lowest BCUT2D eigenvalue weighted by molar-refractivity contribution is -0.00500. The van der Waals surface area contributed by atoms with Crippen LogP contribution in [0.5, 0.6) is 0 Å². The second kappa shape index (κ2) is 10.9. The second-order valence-electron chi connectivity index (χ2n) is 5.08. The normalized spacial score (nSPS) is 18.6. The Morgan fingerprint density at radius 2 is 1.95 bits per heavy atom. The first kappa shape index (κ1) is 20.3. The molecule has 0 saturated carbocycles. The molecule has 0 radical (unpaired) electrons. The maximum atomic E-state index is 5.48. The van der Waals surface area contributed by atoms with E-state index in [1.165, 1.54) is 0 Å². The van der Waals surface area contributed by atoms with Crippen molar-refractivity contribution in [3.8, 4) is 0 Å². The van der Waals surface area contributed by atoms with Gasteiger partial charge in [-0.25, -0.2) is 0 Å². The molecule has 1 fully saturated rings. The molecule has 0 aromatic rings. The number of halogens is 1. The molecule has 0 aromatic heterocycles. The Labute approximate surface area is 144 Å². The Kier molecular flexibility index (Phi) is 11.1. The third-order valence-electron chi connectivity index (χ3n) is 3.78. The fourth-order valence-corrected chi connectivity index (χ4v) is 2.58. The Balaban J connectivity index is 0.00000361. The van der Waals surface area contributed by atoms with E-state index in [-0.39, 0.29) is 29.5 Å². The van der Waals surface area contributed by atoms with Crippen molar-refractivity contribution < 1.29 is 4.74 Å². The van der Waals surface area contributed by atoms with Crippen LogP contribution in [0.15, 0.2) is 4.99 Å². The van der Waals surface area contributed by atoms with Gasteiger partial charge in [-0.15, -0.1) is 24.0 Å². The van der Waals surface area contributed by atoms with Gasteiger partial charge >= 0.3 is 0 Å². The number of nitrogens with one attached hydrogen (secondary N) is 2. The summed E-state index contributed by atoms with van der Waals surface area (Å²) in [5.41, 5.74) is 0.176. The highest BCUT2D eigenvalue weighted by atomic mass is 127. The molecular formula is C13H29IN4OS. The maximum absolute atomic E-state index is 5.48. The summed E-state index contributed by atoms with van der Waals surface area (Å²) < 4.78 is 5.48. The Hall–Kier alpha value is 0.270. The lowest BCUT2D eigenvalue weighted by Crippen LogP contribution is -2.57. The van der Waals surface area contributed by atoms with Crippen LogP contribution in [0.4, 0.5) is 0 Å². The first-order valence-corrected chi connectivity index (χ1v) is 8.22. The van der Waals surface area contributed by atoms with Gasteiger partial charge in [-0.2, -0.15) is 11.8 Å². The summed E-state index contributed by atoms with van der Waals surface area (Å²) in [5.74, 6) is 1.98. The van der Waals surface area contributed by atoms with Crippen LogP contribution in [-0.2, 0) is 4.74 Å². The van der Waals surface area contributed by atoms with Gasteiger partial charge in [0.15, 0.2) is 5.96 Å². The van der Waals surface area contributed by atoms with E-state index < -0.39 is 0 Å². The van der Waals surface area contributed by atoms with Crippen molar-refractivity contribution in [2.75, 3.05) is 59.5 Å². The van der Waals surface area contributed by atoms with Gasteiger partial charge < -0.3 is 20.3 Å². The van der Waals surface area contributed by atoms with Crippen molar-refractivity contribution in [3.05, 3.63) is 0 Å². The summed E-state index contributed by atoms with van der Waals surface area (Å²) in [6.45, 7) is 3.54. The Morgan fingerprint density at radius 3 is 2.45 bits per heavy atom. The van der Waals surface area contributed by atoms with Crippen molar-refractivity contribution in [3.63, 3.8) is 0 Å². The van der Waals surface area contributed by atoms with E-state index in [0.717, 1.165) is 50.9 Å². The molecule has 5 nitrogen and oxygen atoms in total. The smallest absolute Gasteiger partial charge is 0.191 e. The second-order valence-corrected chi connectivity index (χ2v) is 6.06. The van der Waals surface area contributed by atoms with E-state index in [0.29, 0.717) is 0 Å². The van der Waals surface area contributed by atoms with Crippen LogP contribution in [0.25, 0.3) is 0 Å². The largest absolute Gasteiger partial charge is 0.381 e. The average Bonchev–Trinajstić information content (AvgIpc) is 2.43. The first-order valence-electron chi connectivity index (χ1n) is 6.83. The fourth-order valence-electron chi connectivity index (χ4n) is 2.27. The van der Waals surface area contributed by atoms with Gasteiger partial charge in [-0.1, -0.05) is 0 Å². The molecule has 0 atom stereocenters. The summed E-state index contributed by atoms with van der Waals surface area (Å²) in [5, 5.41) is 6.79. The number of rotatable bonds is 6. The minimum atomic E-state index is 0. The number of nitrogens with zero attached hydrogens (tertiary/aromatic N) is 2. The van der Waals surface area contributed by atoms with Crippen LogP contribution >= 0.6 is 35.7 Å². The topological polar surface area (TPSA) is 48.9 Å². The highest BCUT2D eigenvalue weighted by Gasteiger charge is 2.34. The van der Waals surface area contributed by atoms with Gasteiger partial charge in [0, 0.05) is 44.6 Å². The summed E-state index contributed by atoms with van der Waals surface area (Å²) in [6.07, 6.45) is 4.24. The number of guanidine groups is 1. The van der Waals surface area contributed by atoms with Crippen LogP contribution in [0.1, 0.15) is 12.8 Å². The lowest BCUT2D eigenvalue weighted by atomic mass is 9.88. The van der Waals surface area contributed by atoms with Crippen molar-refractivity contribution in [2.45, 2.75) is 18.4 Å². The van der Waals surface area contributed by atoms with Crippen molar-refractivity contribution in [2.24, 2.45) is 4.99 Å². The molecular weight excluding hydrogens is 387 g/mol. The highest BCUT2D eigenvalue weighted by molar-refractivity contribution is 14.0. The van der Waals surface area contributed by atoms with Gasteiger partial charge in [0.05, 0.1) is 0 Å². The zero-order valence-electron chi connectivity index (χ0n) is 13.1. The molecule has 0 aromatic carbocycles. The standard InChI is InChI=1S/C13H28N4OS.HI/c1-14-12(15-7-10-19-4)16-11-13(17(2)3)5-8-18-9-6-13;/h5-11H2,1-4H3,(H2,14,15,16);1H. The third-order valence-corrected chi connectivity index (χ3v) is 4.39. The molecule has 0 unspecified atom stereocenters. The average molecular weight is 416 g/mol. The van der Waals surface area contributed by atoms with Gasteiger partial charge in [0.1, 0.15) is 0 Å². The van der Waals surface area contributed by atoms with E-state index in [4.69, 9.17) is 4.74 Å². The van der Waals surface area contributed by atoms with E-state index in [9.17, 15) is 0 Å². The summed E-state index contributed by atoms with van der Waals surface area (Å²) in [7, 11) is 6.12. The van der Waals surface area contributed by atoms with Gasteiger partial charge in [-0.05, 0) is 33.2 Å². The Bertz CT molecular complexity index is 284. The zero-order valence-corrected chi connectivity index (χ0v) is 16.2. The SMILES string of the molecule is CN=C(NCCSC)NCC1(N(C)C)CCOCC1.I. The predicted octanol–water partition coefficient (Wildman–Crippen LogP) is 1.24. The van der Waals surface area contributed by atoms with Crippen molar-refractivity contribution in [1.82, 2.24) is 15.5 Å². The molecule has 20 heavy (non-hydrogen) atoms. The van der Waals surface area contributed by atoms with Gasteiger partial charge in [0.25, 0.3) is 0 Å². The summed E-state index contributed by atoms with van der Waals surface area (Å²) in [6, 6.07) is 0. The monoisotopic (exact) mass is 416 g/mol. The molecule has 1 aliphatic heterocycles. The van der Waals surface area contributed by atoms with Gasteiger partial charge in [-0.3, -0.25) is 4.99 Å². The number of likely N-dealkylation sites (N-methyl/N-ethyl adjacent to an activating group) is 1. The van der Waals surface area contributed by atoms with E-state index in [1.54, 1.807) is 0 Å². The fraction of sp³-hybridized carbons (Fsp3) is 0.923. The molecule has 1 saturated heterocycles. The van der Waals surface area contributed by atoms with E-state index in [2.05, 4.69) is 40.9 Å². The first-order chi connectivity index (χ1) is 9.14. The van der Waals surface area contributed by atoms with E-state index >= 15 is 0 Å². The van der Waals surface area contributed by atoms with Crippen LogP contribution < -0.4 is 10.6 Å². The highest BCUT2D eigenvalue weighted by Crippen LogP contribution is 2.24. The number of ether oxygens (including phenoxy) is 1. The summed E-state index contributed by atoms with van der Waals surface area (Å²) >= 11 is 1.83. The van der Waals surface area contributed by atoms with Crippen LogP contribution in [-0.4, -0.2) is 75.9 Å². The third kappa shape index (κ3) is 6.36. The van der Waals surface area contributed by atoms with E-state index in [1.807, 2.05) is 18.8 Å². The predicted molar refractivity (Wildman–Crippen MR) is 99.6 cm³/mol. The molecule has 0 amide bonds.